The standard InChI is InChI=1S/C66H40N2O2/c1-3-19-47(20-4-1)67(63-51-23-11-7-15-41(51)35-42-16-8-12-24-52(42)63)49-29-33-55-45(37-49)27-31-57-59-39-62-60(40-61(59)69-65(55)57)58-32-28-46-38-50(30-34-56(46)66(58)70-62)68(48-21-5-2-6-22-48)64-53-25-13-9-17-43(53)36-44-18-10-14-26-54(44)64/h1-40H. The second-order valence-corrected chi connectivity index (χ2v) is 18.4. The maximum absolute atomic E-state index is 6.89. The molecule has 0 unspecified atom stereocenters. The van der Waals surface area contributed by atoms with Crippen LogP contribution in [-0.2, 0) is 0 Å². The molecule has 0 saturated carbocycles. The second kappa shape index (κ2) is 15.1. The van der Waals surface area contributed by atoms with Gasteiger partial charge in [-0.05, 0) is 129 Å². The zero-order chi connectivity index (χ0) is 45.9. The Labute approximate surface area is 402 Å². The highest BCUT2D eigenvalue weighted by molar-refractivity contribution is 6.23. The summed E-state index contributed by atoms with van der Waals surface area (Å²) in [6, 6.07) is 87.5. The molecule has 2 aromatic heterocycles. The van der Waals surface area contributed by atoms with Crippen LogP contribution in [0.4, 0.5) is 34.1 Å². The Balaban J connectivity index is 0.858. The van der Waals surface area contributed by atoms with Gasteiger partial charge in [0.15, 0.2) is 0 Å². The van der Waals surface area contributed by atoms with Crippen molar-refractivity contribution in [3.8, 4) is 0 Å². The first-order chi connectivity index (χ1) is 34.7. The molecular weight excluding hydrogens is 853 g/mol. The SMILES string of the molecule is c1ccc(N(c2ccc3c(ccc4c5cc6oc7c8ccc(N(c9ccccc9)c9c%10ccccc%10cc%10ccccc9%10)cc8ccc7c6cc5oc34)c2)c2c3ccccc3cc3ccccc23)cc1. The Bertz CT molecular complexity index is 4200. The Morgan fingerprint density at radius 3 is 0.929 bits per heavy atom. The van der Waals surface area contributed by atoms with Crippen molar-refractivity contribution in [2.24, 2.45) is 0 Å². The fourth-order valence-electron chi connectivity index (χ4n) is 11.3. The molecule has 0 fully saturated rings. The van der Waals surface area contributed by atoms with E-state index in [1.807, 2.05) is 0 Å². The smallest absolute Gasteiger partial charge is 0.143 e. The van der Waals surface area contributed by atoms with E-state index in [9.17, 15) is 0 Å². The molecule has 0 atom stereocenters. The first-order valence-electron chi connectivity index (χ1n) is 23.9. The van der Waals surface area contributed by atoms with Crippen LogP contribution in [0.2, 0.25) is 0 Å². The molecular formula is C66H40N2O2. The van der Waals surface area contributed by atoms with Crippen LogP contribution in [0.15, 0.2) is 251 Å². The summed E-state index contributed by atoms with van der Waals surface area (Å²) in [5.41, 5.74) is 10.1. The number of benzene rings is 13. The first kappa shape index (κ1) is 38.7. The molecule has 0 amide bonds. The summed E-state index contributed by atoms with van der Waals surface area (Å²) in [5, 5.41) is 18.2. The molecule has 4 heteroatoms. The average Bonchev–Trinajstić information content (AvgIpc) is 3.98. The van der Waals surface area contributed by atoms with E-state index in [0.29, 0.717) is 0 Å². The highest BCUT2D eigenvalue weighted by Crippen LogP contribution is 2.48. The van der Waals surface area contributed by atoms with E-state index >= 15 is 0 Å². The molecule has 70 heavy (non-hydrogen) atoms. The molecule has 0 aliphatic heterocycles. The molecule has 0 aliphatic rings. The lowest BCUT2D eigenvalue weighted by molar-refractivity contribution is 0.667. The quantitative estimate of drug-likeness (QED) is 0.156. The van der Waals surface area contributed by atoms with Gasteiger partial charge in [0.2, 0.25) is 0 Å². The fraction of sp³-hybridized carbons (Fsp3) is 0. The number of fused-ring (bicyclic) bond motifs is 14. The monoisotopic (exact) mass is 892 g/mol. The predicted octanol–water partition coefficient (Wildman–Crippen LogP) is 19.3. The third-order valence-electron chi connectivity index (χ3n) is 14.5. The van der Waals surface area contributed by atoms with E-state index in [-0.39, 0.29) is 0 Å². The summed E-state index contributed by atoms with van der Waals surface area (Å²) in [6.07, 6.45) is 0. The summed E-state index contributed by atoms with van der Waals surface area (Å²) in [6.45, 7) is 0. The molecule has 326 valence electrons. The van der Waals surface area contributed by atoms with Crippen molar-refractivity contribution >= 4 is 143 Å². The number of hydrogen-bond acceptors (Lipinski definition) is 4. The predicted molar refractivity (Wildman–Crippen MR) is 295 cm³/mol. The number of anilines is 6. The Kier molecular flexibility index (Phi) is 8.33. The molecule has 15 aromatic rings. The lowest BCUT2D eigenvalue weighted by Gasteiger charge is -2.28. The van der Waals surface area contributed by atoms with Crippen molar-refractivity contribution in [2.45, 2.75) is 0 Å². The van der Waals surface area contributed by atoms with Crippen LogP contribution in [0, 0.1) is 0 Å². The van der Waals surface area contributed by atoms with Crippen LogP contribution in [0.1, 0.15) is 0 Å². The summed E-state index contributed by atoms with van der Waals surface area (Å²) >= 11 is 0. The highest BCUT2D eigenvalue weighted by Gasteiger charge is 2.23. The molecule has 0 N–H and O–H groups in total. The Hall–Kier alpha value is -9.38. The minimum absolute atomic E-state index is 0.839. The molecule has 13 aromatic carbocycles. The molecule has 4 nitrogen and oxygen atoms in total. The highest BCUT2D eigenvalue weighted by atomic mass is 16.3. The van der Waals surface area contributed by atoms with Gasteiger partial charge in [0.05, 0.1) is 11.4 Å². The third kappa shape index (κ3) is 5.84. The molecule has 2 heterocycles. The third-order valence-corrected chi connectivity index (χ3v) is 14.5. The van der Waals surface area contributed by atoms with Gasteiger partial charge in [-0.2, -0.15) is 0 Å². The van der Waals surface area contributed by atoms with Crippen molar-refractivity contribution in [2.75, 3.05) is 9.80 Å². The van der Waals surface area contributed by atoms with Gasteiger partial charge in [-0.25, -0.2) is 0 Å². The maximum atomic E-state index is 6.89. The summed E-state index contributed by atoms with van der Waals surface area (Å²) < 4.78 is 13.8. The number of rotatable bonds is 6. The number of furan rings is 2. The lowest BCUT2D eigenvalue weighted by Crippen LogP contribution is -2.11. The molecule has 15 rings (SSSR count). The van der Waals surface area contributed by atoms with Crippen molar-refractivity contribution in [3.05, 3.63) is 243 Å². The topological polar surface area (TPSA) is 32.8 Å². The van der Waals surface area contributed by atoms with E-state index in [1.165, 1.54) is 43.1 Å². The molecule has 0 spiro atoms. The van der Waals surface area contributed by atoms with Crippen LogP contribution in [-0.4, -0.2) is 0 Å². The van der Waals surface area contributed by atoms with Gasteiger partial charge in [-0.15, -0.1) is 0 Å². The van der Waals surface area contributed by atoms with Gasteiger partial charge in [-0.1, -0.05) is 146 Å². The first-order valence-corrected chi connectivity index (χ1v) is 23.9. The van der Waals surface area contributed by atoms with E-state index in [4.69, 9.17) is 8.83 Å². The zero-order valence-corrected chi connectivity index (χ0v) is 37.8. The Morgan fingerprint density at radius 1 is 0.214 bits per heavy atom. The van der Waals surface area contributed by atoms with Gasteiger partial charge >= 0.3 is 0 Å². The number of nitrogens with zero attached hydrogens (tertiary/aromatic N) is 2. The van der Waals surface area contributed by atoms with Crippen molar-refractivity contribution in [3.63, 3.8) is 0 Å². The van der Waals surface area contributed by atoms with Gasteiger partial charge in [0, 0.05) is 76.6 Å². The van der Waals surface area contributed by atoms with Crippen LogP contribution in [0.25, 0.3) is 109 Å². The number of para-hydroxylation sites is 2. The van der Waals surface area contributed by atoms with Gasteiger partial charge < -0.3 is 18.6 Å². The molecule has 0 radical (unpaired) electrons. The fourth-order valence-corrected chi connectivity index (χ4v) is 11.3. The number of hydrogen-bond donors (Lipinski definition) is 0. The Morgan fingerprint density at radius 2 is 0.543 bits per heavy atom. The largest absolute Gasteiger partial charge is 0.455 e. The normalized spacial score (nSPS) is 12.0. The maximum Gasteiger partial charge on any atom is 0.143 e. The van der Waals surface area contributed by atoms with E-state index in [0.717, 1.165) is 99.5 Å². The van der Waals surface area contributed by atoms with Crippen LogP contribution in [0.5, 0.6) is 0 Å². The summed E-state index contributed by atoms with van der Waals surface area (Å²) in [4.78, 5) is 4.81. The lowest BCUT2D eigenvalue weighted by atomic mass is 9.98. The van der Waals surface area contributed by atoms with E-state index in [1.54, 1.807) is 0 Å². The molecule has 0 aliphatic carbocycles. The van der Waals surface area contributed by atoms with E-state index < -0.39 is 0 Å². The van der Waals surface area contributed by atoms with Crippen molar-refractivity contribution in [1.82, 2.24) is 0 Å². The average molecular weight is 893 g/mol. The summed E-state index contributed by atoms with van der Waals surface area (Å²) in [7, 11) is 0. The van der Waals surface area contributed by atoms with Gasteiger partial charge in [0.1, 0.15) is 22.3 Å². The minimum atomic E-state index is 0.839. The van der Waals surface area contributed by atoms with Crippen molar-refractivity contribution < 1.29 is 8.83 Å². The van der Waals surface area contributed by atoms with Gasteiger partial charge in [0.25, 0.3) is 0 Å². The molecule has 0 saturated heterocycles. The summed E-state index contributed by atoms with van der Waals surface area (Å²) in [5.74, 6) is 0. The van der Waals surface area contributed by atoms with Crippen molar-refractivity contribution in [1.29, 1.82) is 0 Å². The second-order valence-electron chi connectivity index (χ2n) is 18.4. The van der Waals surface area contributed by atoms with Crippen LogP contribution < -0.4 is 9.80 Å². The van der Waals surface area contributed by atoms with Crippen LogP contribution >= 0.6 is 0 Å². The molecule has 0 bridgehead atoms. The van der Waals surface area contributed by atoms with Crippen LogP contribution in [0.3, 0.4) is 0 Å². The minimum Gasteiger partial charge on any atom is -0.455 e. The van der Waals surface area contributed by atoms with Gasteiger partial charge in [-0.3, -0.25) is 0 Å². The zero-order valence-electron chi connectivity index (χ0n) is 37.8. The van der Waals surface area contributed by atoms with E-state index in [2.05, 4.69) is 252 Å².